The van der Waals surface area contributed by atoms with Crippen molar-refractivity contribution in [3.05, 3.63) is 58.1 Å². The average Bonchev–Trinajstić information content (AvgIpc) is 2.97. The maximum atomic E-state index is 12.6. The van der Waals surface area contributed by atoms with Crippen molar-refractivity contribution in [3.8, 4) is 0 Å². The zero-order valence-corrected chi connectivity index (χ0v) is 14.8. The molecule has 1 aliphatic carbocycles. The van der Waals surface area contributed by atoms with Crippen LogP contribution in [0, 0.1) is 13.8 Å². The van der Waals surface area contributed by atoms with Gasteiger partial charge in [0, 0.05) is 5.56 Å². The van der Waals surface area contributed by atoms with E-state index in [0.717, 1.165) is 34.2 Å². The Bertz CT molecular complexity index is 942. The van der Waals surface area contributed by atoms with E-state index in [2.05, 4.69) is 42.3 Å². The van der Waals surface area contributed by atoms with Crippen molar-refractivity contribution in [2.45, 2.75) is 39.5 Å². The molecule has 3 nitrogen and oxygen atoms in total. The fraction of sp³-hybridized carbons (Fsp3) is 0.300. The summed E-state index contributed by atoms with van der Waals surface area (Å²) in [5, 5.41) is 3.64. The number of fused-ring (bicyclic) bond motifs is 2. The lowest BCUT2D eigenvalue weighted by Gasteiger charge is -2.16. The molecule has 0 radical (unpaired) electrons. The number of amides is 1. The second kappa shape index (κ2) is 6.02. The van der Waals surface area contributed by atoms with E-state index in [1.807, 2.05) is 12.1 Å². The Morgan fingerprint density at radius 1 is 1.08 bits per heavy atom. The number of aromatic nitrogens is 1. The minimum absolute atomic E-state index is 0.0724. The summed E-state index contributed by atoms with van der Waals surface area (Å²) >= 11 is 1.53. The van der Waals surface area contributed by atoms with E-state index in [-0.39, 0.29) is 5.91 Å². The molecule has 0 atom stereocenters. The molecule has 1 aromatic heterocycles. The third-order valence-electron chi connectivity index (χ3n) is 4.66. The van der Waals surface area contributed by atoms with Crippen LogP contribution < -0.4 is 5.32 Å². The molecule has 0 fully saturated rings. The monoisotopic (exact) mass is 336 g/mol. The molecule has 122 valence electrons. The number of rotatable bonds is 2. The molecule has 0 bridgehead atoms. The quantitative estimate of drug-likeness (QED) is 0.712. The third kappa shape index (κ3) is 2.82. The molecule has 4 heteroatoms. The van der Waals surface area contributed by atoms with Gasteiger partial charge in [0.1, 0.15) is 0 Å². The van der Waals surface area contributed by atoms with Gasteiger partial charge in [0.25, 0.3) is 5.91 Å². The van der Waals surface area contributed by atoms with Gasteiger partial charge < -0.3 is 0 Å². The molecule has 24 heavy (non-hydrogen) atoms. The molecule has 0 unspecified atom stereocenters. The summed E-state index contributed by atoms with van der Waals surface area (Å²) in [5.74, 6) is -0.0724. The SMILES string of the molecule is Cc1cc(C)c2nc(NC(=O)c3ccc4c(c3)CCCC4)sc2c1. The number of carbonyl (C=O) groups excluding carboxylic acids is 1. The van der Waals surface area contributed by atoms with Crippen LogP contribution in [-0.2, 0) is 12.8 Å². The molecule has 0 spiro atoms. The van der Waals surface area contributed by atoms with Crippen LogP contribution in [0.2, 0.25) is 0 Å². The summed E-state index contributed by atoms with van der Waals surface area (Å²) in [6.45, 7) is 4.14. The standard InChI is InChI=1S/C20H20N2OS/c1-12-9-13(2)18-17(10-12)24-20(21-18)22-19(23)16-8-7-14-5-3-4-6-15(14)11-16/h7-11H,3-6H2,1-2H3,(H,21,22,23). The molecule has 0 saturated heterocycles. The van der Waals surface area contributed by atoms with Gasteiger partial charge in [-0.3, -0.25) is 10.1 Å². The second-order valence-corrected chi connectivity index (χ2v) is 7.62. The van der Waals surface area contributed by atoms with E-state index in [0.29, 0.717) is 5.13 Å². The van der Waals surface area contributed by atoms with Crippen molar-refractivity contribution in [2.24, 2.45) is 0 Å². The van der Waals surface area contributed by atoms with Gasteiger partial charge in [0.15, 0.2) is 5.13 Å². The summed E-state index contributed by atoms with van der Waals surface area (Å²) in [7, 11) is 0. The van der Waals surface area contributed by atoms with E-state index in [1.54, 1.807) is 0 Å². The van der Waals surface area contributed by atoms with Crippen LogP contribution in [0.25, 0.3) is 10.2 Å². The van der Waals surface area contributed by atoms with Gasteiger partial charge in [-0.05, 0) is 80.0 Å². The second-order valence-electron chi connectivity index (χ2n) is 6.59. The molecule has 1 amide bonds. The Kier molecular flexibility index (Phi) is 3.85. The van der Waals surface area contributed by atoms with Gasteiger partial charge in [-0.25, -0.2) is 4.98 Å². The van der Waals surface area contributed by atoms with Crippen LogP contribution >= 0.6 is 11.3 Å². The molecule has 0 aliphatic heterocycles. The highest BCUT2D eigenvalue weighted by Gasteiger charge is 2.15. The number of nitrogens with one attached hydrogen (secondary N) is 1. The Labute approximate surface area is 145 Å². The van der Waals surface area contributed by atoms with Crippen LogP contribution in [0.3, 0.4) is 0 Å². The van der Waals surface area contributed by atoms with Gasteiger partial charge in [0.2, 0.25) is 0 Å². The normalized spacial score (nSPS) is 13.8. The summed E-state index contributed by atoms with van der Waals surface area (Å²) < 4.78 is 1.12. The highest BCUT2D eigenvalue weighted by atomic mass is 32.1. The first-order chi connectivity index (χ1) is 11.6. The van der Waals surface area contributed by atoms with Crippen molar-refractivity contribution in [1.82, 2.24) is 4.98 Å². The number of benzene rings is 2. The lowest BCUT2D eigenvalue weighted by Crippen LogP contribution is -2.13. The molecule has 4 rings (SSSR count). The number of hydrogen-bond donors (Lipinski definition) is 1. The van der Waals surface area contributed by atoms with Crippen LogP contribution in [0.5, 0.6) is 0 Å². The third-order valence-corrected chi connectivity index (χ3v) is 5.58. The maximum absolute atomic E-state index is 12.6. The number of aryl methyl sites for hydroxylation is 4. The fourth-order valence-electron chi connectivity index (χ4n) is 3.47. The van der Waals surface area contributed by atoms with E-state index in [1.165, 1.54) is 40.9 Å². The number of thiazole rings is 1. The number of hydrogen-bond acceptors (Lipinski definition) is 3. The fourth-order valence-corrected chi connectivity index (χ4v) is 4.51. The first-order valence-corrected chi connectivity index (χ1v) is 9.23. The number of anilines is 1. The highest BCUT2D eigenvalue weighted by molar-refractivity contribution is 7.22. The zero-order valence-electron chi connectivity index (χ0n) is 14.0. The average molecular weight is 336 g/mol. The minimum Gasteiger partial charge on any atom is -0.298 e. The van der Waals surface area contributed by atoms with Gasteiger partial charge in [-0.15, -0.1) is 0 Å². The number of carbonyl (C=O) groups is 1. The number of nitrogens with zero attached hydrogens (tertiary/aromatic N) is 1. The van der Waals surface area contributed by atoms with Crippen molar-refractivity contribution in [1.29, 1.82) is 0 Å². The van der Waals surface area contributed by atoms with Crippen LogP contribution in [0.1, 0.15) is 45.5 Å². The summed E-state index contributed by atoms with van der Waals surface area (Å²) in [5.41, 5.74) is 6.79. The first kappa shape index (κ1) is 15.3. The van der Waals surface area contributed by atoms with Gasteiger partial charge in [0.05, 0.1) is 10.2 Å². The van der Waals surface area contributed by atoms with E-state index in [9.17, 15) is 4.79 Å². The molecule has 1 aliphatic rings. The smallest absolute Gasteiger partial charge is 0.257 e. The predicted octanol–water partition coefficient (Wildman–Crippen LogP) is 5.04. The summed E-state index contributed by atoms with van der Waals surface area (Å²) in [4.78, 5) is 17.2. The van der Waals surface area contributed by atoms with Crippen LogP contribution in [0.15, 0.2) is 30.3 Å². The van der Waals surface area contributed by atoms with E-state index < -0.39 is 0 Å². The Hall–Kier alpha value is -2.20. The molecule has 3 aromatic rings. The topological polar surface area (TPSA) is 42.0 Å². The largest absolute Gasteiger partial charge is 0.298 e. The van der Waals surface area contributed by atoms with Gasteiger partial charge in [-0.1, -0.05) is 23.5 Å². The van der Waals surface area contributed by atoms with Crippen molar-refractivity contribution in [3.63, 3.8) is 0 Å². The molecule has 0 saturated carbocycles. The van der Waals surface area contributed by atoms with Crippen LogP contribution in [0.4, 0.5) is 5.13 Å². The van der Waals surface area contributed by atoms with E-state index >= 15 is 0 Å². The zero-order chi connectivity index (χ0) is 16.7. The Balaban J connectivity index is 1.61. The van der Waals surface area contributed by atoms with Gasteiger partial charge >= 0.3 is 0 Å². The van der Waals surface area contributed by atoms with Crippen molar-refractivity contribution >= 4 is 32.6 Å². The summed E-state index contributed by atoms with van der Waals surface area (Å²) in [6, 6.07) is 10.3. The van der Waals surface area contributed by atoms with Crippen molar-refractivity contribution in [2.75, 3.05) is 5.32 Å². The molecular weight excluding hydrogens is 316 g/mol. The lowest BCUT2D eigenvalue weighted by atomic mass is 9.90. The first-order valence-electron chi connectivity index (χ1n) is 8.41. The Morgan fingerprint density at radius 3 is 2.71 bits per heavy atom. The lowest BCUT2D eigenvalue weighted by molar-refractivity contribution is 0.102. The predicted molar refractivity (Wildman–Crippen MR) is 100 cm³/mol. The van der Waals surface area contributed by atoms with E-state index in [4.69, 9.17) is 0 Å². The van der Waals surface area contributed by atoms with Gasteiger partial charge in [-0.2, -0.15) is 0 Å². The molecular formula is C20H20N2OS. The molecule has 2 aromatic carbocycles. The van der Waals surface area contributed by atoms with Crippen molar-refractivity contribution < 1.29 is 4.79 Å². The van der Waals surface area contributed by atoms with Crippen LogP contribution in [-0.4, -0.2) is 10.9 Å². The molecule has 1 N–H and O–H groups in total. The highest BCUT2D eigenvalue weighted by Crippen LogP contribution is 2.30. The molecule has 1 heterocycles. The Morgan fingerprint density at radius 2 is 1.88 bits per heavy atom. The summed E-state index contributed by atoms with van der Waals surface area (Å²) in [6.07, 6.45) is 4.68. The minimum atomic E-state index is -0.0724. The maximum Gasteiger partial charge on any atom is 0.257 e.